The predicted octanol–water partition coefficient (Wildman–Crippen LogP) is 8.07. The van der Waals surface area contributed by atoms with Crippen molar-refractivity contribution in [3.63, 3.8) is 0 Å². The first-order valence-corrected chi connectivity index (χ1v) is 11.3. The van der Waals surface area contributed by atoms with Crippen LogP contribution in [0.25, 0.3) is 11.1 Å². The van der Waals surface area contributed by atoms with E-state index in [9.17, 15) is 4.79 Å². The van der Waals surface area contributed by atoms with Gasteiger partial charge >= 0.3 is 0 Å². The molecule has 3 heteroatoms. The Kier molecular flexibility index (Phi) is 10.7. The minimum atomic E-state index is 0. The number of carbonyl (C=O) groups excluding carboxylic acids is 1. The number of Topliss-reactive ketones (excluding diaryl/α,β-unsaturated/α-hetero) is 1. The van der Waals surface area contributed by atoms with Crippen LogP contribution < -0.4 is 0 Å². The van der Waals surface area contributed by atoms with Crippen molar-refractivity contribution in [3.8, 4) is 0 Å². The van der Waals surface area contributed by atoms with Crippen LogP contribution in [-0.2, 0) is 23.1 Å². The number of ketones is 1. The zero-order chi connectivity index (χ0) is 22.1. The van der Waals surface area contributed by atoms with Crippen LogP contribution in [0.15, 0.2) is 46.9 Å². The monoisotopic (exact) mass is 423 g/mol. The topological polar surface area (TPSA) is 43.1 Å². The molecule has 31 heavy (non-hydrogen) atoms. The molecule has 1 aromatic heterocycles. The Morgan fingerprint density at radius 3 is 2.23 bits per heavy atom. The molecule has 0 amide bonds. The minimum absolute atomic E-state index is 0. The first-order valence-electron chi connectivity index (χ1n) is 11.3. The van der Waals surface area contributed by atoms with E-state index >= 15 is 0 Å². The maximum Gasteiger partial charge on any atom is 0.199 e. The molecule has 0 spiro atoms. The zero-order valence-electron chi connectivity index (χ0n) is 19.5. The van der Waals surface area contributed by atoms with Gasteiger partial charge in [-0.25, -0.2) is 4.98 Å². The molecule has 0 aliphatic carbocycles. The summed E-state index contributed by atoms with van der Waals surface area (Å²) in [5.74, 6) is 1.05. The van der Waals surface area contributed by atoms with Gasteiger partial charge in [0.2, 0.25) is 0 Å². The first kappa shape index (κ1) is 26.6. The number of oxazole rings is 1. The molecule has 0 fully saturated rings. The molecule has 0 radical (unpaired) electrons. The number of benzene rings is 2. The van der Waals surface area contributed by atoms with Gasteiger partial charge in [0, 0.05) is 19.3 Å². The Balaban J connectivity index is 0.00000156. The molecular weight excluding hydrogens is 382 g/mol. The molecule has 170 valence electrons. The summed E-state index contributed by atoms with van der Waals surface area (Å²) in [5, 5.41) is 0. The average molecular weight is 424 g/mol. The number of hydrogen-bond acceptors (Lipinski definition) is 3. The zero-order valence-corrected chi connectivity index (χ0v) is 19.5. The Morgan fingerprint density at radius 2 is 1.61 bits per heavy atom. The molecular formula is C28H41NO2. The van der Waals surface area contributed by atoms with E-state index in [-0.39, 0.29) is 12.8 Å². The van der Waals surface area contributed by atoms with Gasteiger partial charge in [-0.1, -0.05) is 92.1 Å². The molecule has 1 heterocycles. The third kappa shape index (κ3) is 7.97. The van der Waals surface area contributed by atoms with Crippen molar-refractivity contribution < 1.29 is 9.21 Å². The summed E-state index contributed by atoms with van der Waals surface area (Å²) in [6.45, 7) is 12.8. The van der Waals surface area contributed by atoms with Gasteiger partial charge < -0.3 is 4.42 Å². The second kappa shape index (κ2) is 12.4. The molecule has 0 aliphatic rings. The number of unbranched alkanes of at least 4 members (excludes halogenated alkanes) is 2. The summed E-state index contributed by atoms with van der Waals surface area (Å²) >= 11 is 0. The number of carbonyl (C=O) groups is 1. The van der Waals surface area contributed by atoms with E-state index in [1.165, 1.54) is 5.56 Å². The Labute approximate surface area is 189 Å². The molecule has 2 aromatic carbocycles. The van der Waals surface area contributed by atoms with Gasteiger partial charge in [0.05, 0.1) is 0 Å². The molecule has 3 nitrogen and oxygen atoms in total. The highest BCUT2D eigenvalue weighted by Crippen LogP contribution is 2.27. The Bertz CT molecular complexity index is 930. The standard InChI is InChI=1S/C25H31NO2.C2H6.CH4/c1-5-6-7-8-21(27)15-18-9-11-19(12-10-18)16-24-26-22-17-20(25(2,3)4)13-14-23(22)28-24;1-2;/h9-14,17H,5-8,15-16H2,1-4H3;1-2H3;1H4. The van der Waals surface area contributed by atoms with Crippen LogP contribution in [0, 0.1) is 0 Å². The van der Waals surface area contributed by atoms with Crippen LogP contribution in [0.3, 0.4) is 0 Å². The molecule has 3 aromatic rings. The van der Waals surface area contributed by atoms with Gasteiger partial charge in [0.15, 0.2) is 11.5 Å². The van der Waals surface area contributed by atoms with Crippen LogP contribution in [0.2, 0.25) is 0 Å². The molecule has 0 bridgehead atoms. The van der Waals surface area contributed by atoms with E-state index in [2.05, 4.69) is 56.9 Å². The van der Waals surface area contributed by atoms with Crippen molar-refractivity contribution in [2.75, 3.05) is 0 Å². The molecule has 0 atom stereocenters. The first-order chi connectivity index (χ1) is 14.3. The molecule has 0 unspecified atom stereocenters. The summed E-state index contributed by atoms with van der Waals surface area (Å²) < 4.78 is 5.92. The smallest absolute Gasteiger partial charge is 0.199 e. The number of nitrogens with zero attached hydrogens (tertiary/aromatic N) is 1. The maximum atomic E-state index is 12.0. The fourth-order valence-corrected chi connectivity index (χ4v) is 3.36. The van der Waals surface area contributed by atoms with E-state index in [0.29, 0.717) is 25.0 Å². The van der Waals surface area contributed by atoms with Crippen LogP contribution in [0.4, 0.5) is 0 Å². The van der Waals surface area contributed by atoms with Gasteiger partial charge in [-0.05, 0) is 40.7 Å². The van der Waals surface area contributed by atoms with Gasteiger partial charge in [-0.2, -0.15) is 0 Å². The number of rotatable bonds is 8. The lowest BCUT2D eigenvalue weighted by Crippen LogP contribution is -2.10. The minimum Gasteiger partial charge on any atom is -0.440 e. The van der Waals surface area contributed by atoms with E-state index in [1.807, 2.05) is 32.0 Å². The molecule has 3 rings (SSSR count). The Hall–Kier alpha value is -2.42. The fourth-order valence-electron chi connectivity index (χ4n) is 3.36. The second-order valence-corrected chi connectivity index (χ2v) is 8.71. The van der Waals surface area contributed by atoms with Crippen molar-refractivity contribution >= 4 is 16.9 Å². The lowest BCUT2D eigenvalue weighted by atomic mass is 9.87. The summed E-state index contributed by atoms with van der Waals surface area (Å²) in [4.78, 5) is 16.7. The predicted molar refractivity (Wildman–Crippen MR) is 133 cm³/mol. The van der Waals surface area contributed by atoms with Crippen molar-refractivity contribution in [2.45, 2.75) is 92.9 Å². The summed E-state index contributed by atoms with van der Waals surface area (Å²) in [7, 11) is 0. The van der Waals surface area contributed by atoms with Gasteiger partial charge in [0.1, 0.15) is 11.3 Å². The lowest BCUT2D eigenvalue weighted by Gasteiger charge is -2.18. The molecule has 0 aliphatic heterocycles. The lowest BCUT2D eigenvalue weighted by molar-refractivity contribution is -0.118. The number of fused-ring (bicyclic) bond motifs is 1. The van der Waals surface area contributed by atoms with Gasteiger partial charge in [-0.15, -0.1) is 0 Å². The highest BCUT2D eigenvalue weighted by Gasteiger charge is 2.16. The van der Waals surface area contributed by atoms with Crippen LogP contribution >= 0.6 is 0 Å². The summed E-state index contributed by atoms with van der Waals surface area (Å²) in [6, 6.07) is 14.5. The van der Waals surface area contributed by atoms with Crippen LogP contribution in [0.5, 0.6) is 0 Å². The fraction of sp³-hybridized carbons (Fsp3) is 0.500. The molecule has 0 saturated carbocycles. The van der Waals surface area contributed by atoms with Gasteiger partial charge in [0.25, 0.3) is 0 Å². The summed E-state index contributed by atoms with van der Waals surface area (Å²) in [6.07, 6.45) is 5.16. The Morgan fingerprint density at radius 1 is 0.968 bits per heavy atom. The summed E-state index contributed by atoms with van der Waals surface area (Å²) in [5.41, 5.74) is 5.32. The largest absolute Gasteiger partial charge is 0.440 e. The maximum absolute atomic E-state index is 12.0. The van der Waals surface area contributed by atoms with Crippen molar-refractivity contribution in [1.29, 1.82) is 0 Å². The quantitative estimate of drug-likeness (QED) is 0.344. The average Bonchev–Trinajstić information content (AvgIpc) is 3.12. The highest BCUT2D eigenvalue weighted by atomic mass is 16.3. The van der Waals surface area contributed by atoms with Crippen molar-refractivity contribution in [2.24, 2.45) is 0 Å². The van der Waals surface area contributed by atoms with Crippen molar-refractivity contribution in [3.05, 3.63) is 65.0 Å². The number of hydrogen-bond donors (Lipinski definition) is 0. The second-order valence-electron chi connectivity index (χ2n) is 8.71. The molecule has 0 N–H and O–H groups in total. The van der Waals surface area contributed by atoms with E-state index in [4.69, 9.17) is 4.42 Å². The molecule has 0 saturated heterocycles. The van der Waals surface area contributed by atoms with E-state index in [0.717, 1.165) is 47.4 Å². The third-order valence-corrected chi connectivity index (χ3v) is 5.14. The van der Waals surface area contributed by atoms with Crippen molar-refractivity contribution in [1.82, 2.24) is 4.98 Å². The van der Waals surface area contributed by atoms with E-state index in [1.54, 1.807) is 0 Å². The van der Waals surface area contributed by atoms with Crippen LogP contribution in [-0.4, -0.2) is 10.8 Å². The number of aromatic nitrogens is 1. The van der Waals surface area contributed by atoms with Crippen LogP contribution in [0.1, 0.15) is 97.2 Å². The van der Waals surface area contributed by atoms with E-state index < -0.39 is 0 Å². The normalized spacial score (nSPS) is 10.9. The highest BCUT2D eigenvalue weighted by molar-refractivity contribution is 5.80. The third-order valence-electron chi connectivity index (χ3n) is 5.14. The SMILES string of the molecule is C.CC.CCCCCC(=O)Cc1ccc(Cc2nc3cc(C(C)(C)C)ccc3o2)cc1. The van der Waals surface area contributed by atoms with Gasteiger partial charge in [-0.3, -0.25) is 4.79 Å².